The molecule has 2 aliphatic heterocycles. The number of aromatic nitrogens is 2. The van der Waals surface area contributed by atoms with Crippen LogP contribution in [0.1, 0.15) is 44.1 Å². The van der Waals surface area contributed by atoms with Crippen molar-refractivity contribution < 1.29 is 0 Å². The molecular weight excluding hydrogens is 224 g/mol. The lowest BCUT2D eigenvalue weighted by molar-refractivity contribution is 0.272. The molecule has 0 bridgehead atoms. The van der Waals surface area contributed by atoms with Crippen LogP contribution in [0, 0.1) is 0 Å². The Hall–Kier alpha value is -0.870. The Morgan fingerprint density at radius 1 is 1.33 bits per heavy atom. The van der Waals surface area contributed by atoms with Crippen molar-refractivity contribution in [3.63, 3.8) is 0 Å². The van der Waals surface area contributed by atoms with Gasteiger partial charge in [-0.05, 0) is 33.2 Å². The van der Waals surface area contributed by atoms with Crippen molar-refractivity contribution in [1.29, 1.82) is 0 Å². The van der Waals surface area contributed by atoms with Crippen LogP contribution in [0.4, 0.5) is 0 Å². The van der Waals surface area contributed by atoms with Crippen molar-refractivity contribution in [2.24, 2.45) is 5.73 Å². The van der Waals surface area contributed by atoms with E-state index >= 15 is 0 Å². The molecule has 0 aliphatic carbocycles. The first-order chi connectivity index (χ1) is 8.63. The molecule has 4 heteroatoms. The average Bonchev–Trinajstić information content (AvgIpc) is 2.93. The second-order valence-electron chi connectivity index (χ2n) is 6.10. The van der Waals surface area contributed by atoms with E-state index < -0.39 is 0 Å². The highest BCUT2D eigenvalue weighted by molar-refractivity contribution is 5.14. The van der Waals surface area contributed by atoms with Crippen molar-refractivity contribution in [3.8, 4) is 0 Å². The van der Waals surface area contributed by atoms with Crippen LogP contribution in [-0.4, -0.2) is 39.6 Å². The number of hydrogen-bond donors (Lipinski definition) is 1. The summed E-state index contributed by atoms with van der Waals surface area (Å²) in [6, 6.07) is 0.962. The van der Waals surface area contributed by atoms with E-state index in [0.29, 0.717) is 18.0 Å². The Balaban J connectivity index is 1.74. The van der Waals surface area contributed by atoms with Gasteiger partial charge in [-0.3, -0.25) is 0 Å². The van der Waals surface area contributed by atoms with E-state index in [4.69, 9.17) is 10.7 Å². The van der Waals surface area contributed by atoms with E-state index in [9.17, 15) is 0 Å². The third kappa shape index (κ3) is 2.19. The Bertz CT molecular complexity index is 423. The minimum absolute atomic E-state index is 0.309. The molecule has 3 rings (SSSR count). The first-order valence-electron chi connectivity index (χ1n) is 7.19. The molecule has 0 radical (unpaired) electrons. The summed E-state index contributed by atoms with van der Waals surface area (Å²) in [6.07, 6.45) is 5.56. The molecule has 1 aromatic heterocycles. The van der Waals surface area contributed by atoms with Crippen LogP contribution < -0.4 is 5.73 Å². The zero-order valence-electron chi connectivity index (χ0n) is 11.5. The first kappa shape index (κ1) is 12.2. The van der Waals surface area contributed by atoms with Crippen LogP contribution >= 0.6 is 0 Å². The highest BCUT2D eigenvalue weighted by atomic mass is 15.2. The van der Waals surface area contributed by atoms with Gasteiger partial charge in [0.05, 0.1) is 5.69 Å². The number of likely N-dealkylation sites (tertiary alicyclic amines) is 1. The molecular formula is C14H24N4. The molecule has 2 atom stereocenters. The normalized spacial score (nSPS) is 28.9. The quantitative estimate of drug-likeness (QED) is 0.859. The molecule has 2 N–H and O–H groups in total. The van der Waals surface area contributed by atoms with Gasteiger partial charge >= 0.3 is 0 Å². The van der Waals surface area contributed by atoms with Crippen molar-refractivity contribution in [2.45, 2.75) is 57.7 Å². The fraction of sp³-hybridized carbons (Fsp3) is 0.786. The van der Waals surface area contributed by atoms with Crippen LogP contribution in [0.25, 0.3) is 0 Å². The lowest BCUT2D eigenvalue weighted by Gasteiger charge is -2.19. The van der Waals surface area contributed by atoms with Gasteiger partial charge in [-0.2, -0.15) is 0 Å². The SMILES string of the molecule is CC(C)N1CCC(c2cn3c(n2)CC(N)CC3)C1. The van der Waals surface area contributed by atoms with E-state index in [1.165, 1.54) is 31.0 Å². The van der Waals surface area contributed by atoms with Crippen LogP contribution in [-0.2, 0) is 13.0 Å². The number of nitrogens with zero attached hydrogens (tertiary/aromatic N) is 3. The molecule has 0 amide bonds. The summed E-state index contributed by atoms with van der Waals surface area (Å²) in [4.78, 5) is 7.38. The largest absolute Gasteiger partial charge is 0.335 e. The van der Waals surface area contributed by atoms with Gasteiger partial charge in [-0.1, -0.05) is 0 Å². The number of hydrogen-bond acceptors (Lipinski definition) is 3. The molecule has 4 nitrogen and oxygen atoms in total. The van der Waals surface area contributed by atoms with Crippen molar-refractivity contribution in [2.75, 3.05) is 13.1 Å². The Morgan fingerprint density at radius 2 is 2.17 bits per heavy atom. The fourth-order valence-corrected chi connectivity index (χ4v) is 3.17. The van der Waals surface area contributed by atoms with Crippen LogP contribution in [0.15, 0.2) is 6.20 Å². The zero-order chi connectivity index (χ0) is 12.7. The number of imidazole rings is 1. The van der Waals surface area contributed by atoms with Gasteiger partial charge in [0.1, 0.15) is 5.82 Å². The van der Waals surface area contributed by atoms with Gasteiger partial charge in [-0.25, -0.2) is 4.98 Å². The minimum atomic E-state index is 0.309. The molecule has 1 saturated heterocycles. The second-order valence-corrected chi connectivity index (χ2v) is 6.10. The van der Waals surface area contributed by atoms with Gasteiger partial charge in [0, 0.05) is 43.7 Å². The minimum Gasteiger partial charge on any atom is -0.335 e. The van der Waals surface area contributed by atoms with Crippen molar-refractivity contribution >= 4 is 0 Å². The third-order valence-electron chi connectivity index (χ3n) is 4.43. The Labute approximate surface area is 109 Å². The highest BCUT2D eigenvalue weighted by Gasteiger charge is 2.28. The standard InChI is InChI=1S/C14H24N4/c1-10(2)17-5-3-11(8-17)13-9-18-6-4-12(15)7-14(18)16-13/h9-12H,3-8,15H2,1-2H3. The van der Waals surface area contributed by atoms with Crippen LogP contribution in [0.5, 0.6) is 0 Å². The molecule has 18 heavy (non-hydrogen) atoms. The predicted octanol–water partition coefficient (Wildman–Crippen LogP) is 1.35. The van der Waals surface area contributed by atoms with E-state index in [1.807, 2.05) is 0 Å². The molecule has 2 unspecified atom stereocenters. The van der Waals surface area contributed by atoms with Gasteiger partial charge < -0.3 is 15.2 Å². The number of nitrogens with two attached hydrogens (primary N) is 1. The molecule has 3 heterocycles. The summed E-state index contributed by atoms with van der Waals surface area (Å²) in [7, 11) is 0. The van der Waals surface area contributed by atoms with E-state index in [1.54, 1.807) is 0 Å². The molecule has 0 aromatic carbocycles. The zero-order valence-corrected chi connectivity index (χ0v) is 11.5. The third-order valence-corrected chi connectivity index (χ3v) is 4.43. The maximum absolute atomic E-state index is 6.01. The molecule has 1 aromatic rings. The van der Waals surface area contributed by atoms with Crippen molar-refractivity contribution in [3.05, 3.63) is 17.7 Å². The lowest BCUT2D eigenvalue weighted by atomic mass is 10.1. The molecule has 1 fully saturated rings. The van der Waals surface area contributed by atoms with Gasteiger partial charge in [0.25, 0.3) is 0 Å². The summed E-state index contributed by atoms with van der Waals surface area (Å²) in [6.45, 7) is 7.98. The average molecular weight is 248 g/mol. The molecule has 100 valence electrons. The topological polar surface area (TPSA) is 47.1 Å². The number of aryl methyl sites for hydroxylation is 1. The van der Waals surface area contributed by atoms with Crippen LogP contribution in [0.2, 0.25) is 0 Å². The maximum atomic E-state index is 6.01. The Kier molecular flexibility index (Phi) is 3.16. The summed E-state index contributed by atoms with van der Waals surface area (Å²) in [5.41, 5.74) is 7.31. The number of rotatable bonds is 2. The summed E-state index contributed by atoms with van der Waals surface area (Å²) in [5.74, 6) is 1.83. The predicted molar refractivity (Wildman–Crippen MR) is 72.6 cm³/mol. The van der Waals surface area contributed by atoms with E-state index in [0.717, 1.165) is 19.4 Å². The highest BCUT2D eigenvalue weighted by Crippen LogP contribution is 2.28. The van der Waals surface area contributed by atoms with Crippen molar-refractivity contribution in [1.82, 2.24) is 14.5 Å². The second kappa shape index (κ2) is 4.67. The number of fused-ring (bicyclic) bond motifs is 1. The van der Waals surface area contributed by atoms with Gasteiger partial charge in [0.15, 0.2) is 0 Å². The van der Waals surface area contributed by atoms with E-state index in [-0.39, 0.29) is 0 Å². The summed E-state index contributed by atoms with van der Waals surface area (Å²) in [5, 5.41) is 0. The summed E-state index contributed by atoms with van der Waals surface area (Å²) >= 11 is 0. The molecule has 2 aliphatic rings. The Morgan fingerprint density at radius 3 is 2.89 bits per heavy atom. The molecule has 0 saturated carbocycles. The fourth-order valence-electron chi connectivity index (χ4n) is 3.17. The maximum Gasteiger partial charge on any atom is 0.110 e. The van der Waals surface area contributed by atoms with Gasteiger partial charge in [0.2, 0.25) is 0 Å². The first-order valence-corrected chi connectivity index (χ1v) is 7.19. The van der Waals surface area contributed by atoms with E-state index in [2.05, 4.69) is 29.5 Å². The smallest absolute Gasteiger partial charge is 0.110 e. The summed E-state index contributed by atoms with van der Waals surface area (Å²) < 4.78 is 2.32. The lowest BCUT2D eigenvalue weighted by Crippen LogP contribution is -2.30. The monoisotopic (exact) mass is 248 g/mol. The van der Waals surface area contributed by atoms with Gasteiger partial charge in [-0.15, -0.1) is 0 Å². The van der Waals surface area contributed by atoms with Crippen LogP contribution in [0.3, 0.4) is 0 Å². The molecule has 0 spiro atoms.